The fourth-order valence-electron chi connectivity index (χ4n) is 1.57. The van der Waals surface area contributed by atoms with Crippen LogP contribution in [-0.2, 0) is 4.79 Å². The van der Waals surface area contributed by atoms with Crippen molar-refractivity contribution < 1.29 is 4.79 Å². The lowest BCUT2D eigenvalue weighted by atomic mass is 9.97. The summed E-state index contributed by atoms with van der Waals surface area (Å²) in [6.07, 6.45) is 3.91. The molecule has 17 heavy (non-hydrogen) atoms. The van der Waals surface area contributed by atoms with Crippen molar-refractivity contribution in [3.05, 3.63) is 30.1 Å². The van der Waals surface area contributed by atoms with Crippen molar-refractivity contribution in [2.45, 2.75) is 26.2 Å². The van der Waals surface area contributed by atoms with Crippen molar-refractivity contribution in [2.75, 3.05) is 13.1 Å². The first-order valence-corrected chi connectivity index (χ1v) is 6.00. The zero-order valence-electron chi connectivity index (χ0n) is 10.5. The molecular formula is C13H21N3O. The third-order valence-corrected chi connectivity index (χ3v) is 2.58. The van der Waals surface area contributed by atoms with Crippen molar-refractivity contribution >= 4 is 5.91 Å². The molecule has 1 rings (SSSR count). The van der Waals surface area contributed by atoms with Crippen molar-refractivity contribution in [1.29, 1.82) is 0 Å². The van der Waals surface area contributed by atoms with Crippen LogP contribution in [-0.4, -0.2) is 24.0 Å². The van der Waals surface area contributed by atoms with E-state index in [0.29, 0.717) is 25.4 Å². The summed E-state index contributed by atoms with van der Waals surface area (Å²) in [7, 11) is 0. The van der Waals surface area contributed by atoms with Gasteiger partial charge in [-0.1, -0.05) is 19.9 Å². The molecule has 1 unspecified atom stereocenters. The molecule has 94 valence electrons. The summed E-state index contributed by atoms with van der Waals surface area (Å²) < 4.78 is 0. The third kappa shape index (κ3) is 4.95. The van der Waals surface area contributed by atoms with Gasteiger partial charge in [0.2, 0.25) is 5.91 Å². The van der Waals surface area contributed by atoms with Gasteiger partial charge < -0.3 is 11.1 Å². The first kappa shape index (κ1) is 13.6. The van der Waals surface area contributed by atoms with Crippen LogP contribution in [0.1, 0.15) is 31.7 Å². The zero-order chi connectivity index (χ0) is 12.7. The van der Waals surface area contributed by atoms with Gasteiger partial charge in [0.25, 0.3) is 0 Å². The molecule has 0 aromatic carbocycles. The second-order valence-electron chi connectivity index (χ2n) is 4.62. The third-order valence-electron chi connectivity index (χ3n) is 2.58. The summed E-state index contributed by atoms with van der Waals surface area (Å²) in [4.78, 5) is 15.8. The quantitative estimate of drug-likeness (QED) is 0.780. The summed E-state index contributed by atoms with van der Waals surface area (Å²) in [5.74, 6) is 0.572. The smallest absolute Gasteiger partial charge is 0.220 e. The molecule has 1 amide bonds. The molecule has 0 radical (unpaired) electrons. The number of nitrogens with two attached hydrogens (primary N) is 1. The normalized spacial score (nSPS) is 12.5. The Morgan fingerprint density at radius 3 is 2.82 bits per heavy atom. The summed E-state index contributed by atoms with van der Waals surface area (Å²) in [5.41, 5.74) is 6.72. The first-order valence-electron chi connectivity index (χ1n) is 6.00. The topological polar surface area (TPSA) is 68.0 Å². The number of amides is 1. The number of nitrogens with zero attached hydrogens (tertiary/aromatic N) is 1. The van der Waals surface area contributed by atoms with E-state index in [9.17, 15) is 4.79 Å². The van der Waals surface area contributed by atoms with Crippen molar-refractivity contribution in [1.82, 2.24) is 10.3 Å². The fourth-order valence-corrected chi connectivity index (χ4v) is 1.57. The lowest BCUT2D eigenvalue weighted by molar-refractivity contribution is -0.121. The molecule has 1 aromatic heterocycles. The van der Waals surface area contributed by atoms with Crippen LogP contribution < -0.4 is 11.1 Å². The number of nitrogens with one attached hydrogen (secondary N) is 1. The number of rotatable bonds is 6. The Kier molecular flexibility index (Phi) is 5.63. The number of carbonyl (C=O) groups is 1. The average molecular weight is 235 g/mol. The Bertz CT molecular complexity index is 338. The molecular weight excluding hydrogens is 214 g/mol. The number of carbonyl (C=O) groups excluding carboxylic acids is 1. The Labute approximate surface area is 103 Å². The van der Waals surface area contributed by atoms with Gasteiger partial charge in [-0.2, -0.15) is 0 Å². The summed E-state index contributed by atoms with van der Waals surface area (Å²) >= 11 is 0. The molecule has 4 nitrogen and oxygen atoms in total. The standard InChI is InChI=1S/C13H21N3O/c1-10(2)8-16-13(17)6-12(7-14)11-4-3-5-15-9-11/h3-5,9-10,12H,6-8,14H2,1-2H3,(H,16,17). The summed E-state index contributed by atoms with van der Waals surface area (Å²) in [6, 6.07) is 3.82. The van der Waals surface area contributed by atoms with Crippen LogP contribution in [0.5, 0.6) is 0 Å². The van der Waals surface area contributed by atoms with Crippen LogP contribution in [0.4, 0.5) is 0 Å². The highest BCUT2D eigenvalue weighted by molar-refractivity contribution is 5.76. The number of pyridine rings is 1. The molecule has 0 aliphatic carbocycles. The van der Waals surface area contributed by atoms with Gasteiger partial charge >= 0.3 is 0 Å². The van der Waals surface area contributed by atoms with Crippen LogP contribution in [0, 0.1) is 5.92 Å². The lowest BCUT2D eigenvalue weighted by Crippen LogP contribution is -2.30. The van der Waals surface area contributed by atoms with E-state index in [1.807, 2.05) is 12.1 Å². The molecule has 1 aromatic rings. The maximum absolute atomic E-state index is 11.7. The van der Waals surface area contributed by atoms with Gasteiger partial charge in [-0.3, -0.25) is 9.78 Å². The number of aromatic nitrogens is 1. The minimum Gasteiger partial charge on any atom is -0.356 e. The van der Waals surface area contributed by atoms with E-state index in [0.717, 1.165) is 5.56 Å². The monoisotopic (exact) mass is 235 g/mol. The molecule has 0 spiro atoms. The van der Waals surface area contributed by atoms with E-state index in [1.54, 1.807) is 12.4 Å². The SMILES string of the molecule is CC(C)CNC(=O)CC(CN)c1cccnc1. The van der Waals surface area contributed by atoms with Gasteiger partial charge in [-0.25, -0.2) is 0 Å². The molecule has 1 heterocycles. The first-order chi connectivity index (χ1) is 8.13. The van der Waals surface area contributed by atoms with Gasteiger partial charge in [0.15, 0.2) is 0 Å². The highest BCUT2D eigenvalue weighted by atomic mass is 16.1. The van der Waals surface area contributed by atoms with Gasteiger partial charge in [-0.15, -0.1) is 0 Å². The second kappa shape index (κ2) is 7.01. The maximum atomic E-state index is 11.7. The second-order valence-corrected chi connectivity index (χ2v) is 4.62. The minimum atomic E-state index is 0.0517. The molecule has 0 aliphatic rings. The van der Waals surface area contributed by atoms with E-state index in [2.05, 4.69) is 24.1 Å². The van der Waals surface area contributed by atoms with Crippen molar-refractivity contribution in [3.63, 3.8) is 0 Å². The van der Waals surface area contributed by atoms with Crippen LogP contribution in [0.3, 0.4) is 0 Å². The van der Waals surface area contributed by atoms with Crippen LogP contribution in [0.25, 0.3) is 0 Å². The van der Waals surface area contributed by atoms with Crippen LogP contribution in [0.15, 0.2) is 24.5 Å². The van der Waals surface area contributed by atoms with Crippen molar-refractivity contribution in [2.24, 2.45) is 11.7 Å². The molecule has 3 N–H and O–H groups in total. The van der Waals surface area contributed by atoms with E-state index in [4.69, 9.17) is 5.73 Å². The van der Waals surface area contributed by atoms with Crippen LogP contribution in [0.2, 0.25) is 0 Å². The lowest BCUT2D eigenvalue weighted by Gasteiger charge is -2.15. The van der Waals surface area contributed by atoms with E-state index >= 15 is 0 Å². The Morgan fingerprint density at radius 2 is 2.29 bits per heavy atom. The molecule has 0 saturated carbocycles. The van der Waals surface area contributed by atoms with Gasteiger partial charge in [0.1, 0.15) is 0 Å². The fraction of sp³-hybridized carbons (Fsp3) is 0.538. The Morgan fingerprint density at radius 1 is 1.53 bits per heavy atom. The Balaban J connectivity index is 2.50. The molecule has 4 heteroatoms. The number of hydrogen-bond acceptors (Lipinski definition) is 3. The zero-order valence-corrected chi connectivity index (χ0v) is 10.5. The van der Waals surface area contributed by atoms with Gasteiger partial charge in [-0.05, 0) is 24.1 Å². The summed E-state index contributed by atoms with van der Waals surface area (Å²) in [5, 5.41) is 2.90. The van der Waals surface area contributed by atoms with Gasteiger partial charge in [0, 0.05) is 31.3 Å². The minimum absolute atomic E-state index is 0.0517. The van der Waals surface area contributed by atoms with Gasteiger partial charge in [0.05, 0.1) is 0 Å². The van der Waals surface area contributed by atoms with E-state index in [-0.39, 0.29) is 11.8 Å². The largest absolute Gasteiger partial charge is 0.356 e. The number of hydrogen-bond donors (Lipinski definition) is 2. The highest BCUT2D eigenvalue weighted by Gasteiger charge is 2.14. The molecule has 0 fully saturated rings. The summed E-state index contributed by atoms with van der Waals surface area (Å²) in [6.45, 7) is 5.31. The highest BCUT2D eigenvalue weighted by Crippen LogP contribution is 2.16. The van der Waals surface area contributed by atoms with Crippen LogP contribution >= 0.6 is 0 Å². The van der Waals surface area contributed by atoms with Crippen molar-refractivity contribution in [3.8, 4) is 0 Å². The molecule has 0 bridgehead atoms. The maximum Gasteiger partial charge on any atom is 0.220 e. The average Bonchev–Trinajstić information content (AvgIpc) is 2.34. The van der Waals surface area contributed by atoms with E-state index < -0.39 is 0 Å². The molecule has 1 atom stereocenters. The molecule has 0 aliphatic heterocycles. The predicted molar refractivity (Wildman–Crippen MR) is 68.5 cm³/mol. The van der Waals surface area contributed by atoms with E-state index in [1.165, 1.54) is 0 Å². The predicted octanol–water partition coefficient (Wildman–Crippen LogP) is 1.29. The Hall–Kier alpha value is -1.42. The molecule has 0 saturated heterocycles.